The zero-order chi connectivity index (χ0) is 18.1. The summed E-state index contributed by atoms with van der Waals surface area (Å²) in [5, 5.41) is 6.05. The van der Waals surface area contributed by atoms with E-state index in [1.54, 1.807) is 11.0 Å². The molecule has 1 atom stereocenters. The van der Waals surface area contributed by atoms with Gasteiger partial charge in [-0.1, -0.05) is 0 Å². The van der Waals surface area contributed by atoms with Crippen LogP contribution in [0.2, 0.25) is 0 Å². The Morgan fingerprint density at radius 1 is 1.12 bits per heavy atom. The molecule has 3 saturated heterocycles. The summed E-state index contributed by atoms with van der Waals surface area (Å²) in [4.78, 5) is 30.4. The fourth-order valence-corrected chi connectivity index (χ4v) is 4.00. The lowest BCUT2D eigenvalue weighted by molar-refractivity contribution is 0.0769. The quantitative estimate of drug-likeness (QED) is 0.822. The van der Waals surface area contributed by atoms with E-state index in [0.29, 0.717) is 37.9 Å². The largest absolute Gasteiger partial charge is 0.337 e. The molecule has 3 fully saturated rings. The van der Waals surface area contributed by atoms with Crippen LogP contribution in [0.5, 0.6) is 0 Å². The number of carbonyl (C=O) groups is 2. The van der Waals surface area contributed by atoms with Crippen LogP contribution < -0.4 is 15.5 Å². The second-order valence-corrected chi connectivity index (χ2v) is 7.03. The van der Waals surface area contributed by atoms with Gasteiger partial charge in [-0.3, -0.25) is 14.6 Å². The van der Waals surface area contributed by atoms with Crippen LogP contribution in [0.25, 0.3) is 0 Å². The molecular formula is C18H24FN5O2. The number of nitrogens with zero attached hydrogens (tertiary/aromatic N) is 3. The molecular weight excluding hydrogens is 337 g/mol. The number of halogens is 1. The third-order valence-corrected chi connectivity index (χ3v) is 5.47. The van der Waals surface area contributed by atoms with Crippen molar-refractivity contribution in [3.8, 4) is 0 Å². The maximum atomic E-state index is 14.3. The molecule has 0 spiro atoms. The highest BCUT2D eigenvalue weighted by Crippen LogP contribution is 2.24. The van der Waals surface area contributed by atoms with Crippen LogP contribution in [0.1, 0.15) is 16.8 Å². The van der Waals surface area contributed by atoms with E-state index in [0.717, 1.165) is 32.6 Å². The second kappa shape index (κ2) is 7.20. The average molecular weight is 361 g/mol. The zero-order valence-electron chi connectivity index (χ0n) is 14.7. The minimum absolute atomic E-state index is 0.0446. The van der Waals surface area contributed by atoms with Gasteiger partial charge >= 0.3 is 6.03 Å². The van der Waals surface area contributed by atoms with Crippen molar-refractivity contribution in [3.05, 3.63) is 29.6 Å². The first kappa shape index (κ1) is 17.2. The molecule has 3 amide bonds. The lowest BCUT2D eigenvalue weighted by atomic mass is 10.1. The normalized spacial score (nSPS) is 24.2. The Kier molecular flexibility index (Phi) is 4.78. The van der Waals surface area contributed by atoms with Crippen LogP contribution in [0.15, 0.2) is 18.2 Å². The molecule has 0 radical (unpaired) electrons. The maximum absolute atomic E-state index is 14.3. The minimum atomic E-state index is -0.538. The van der Waals surface area contributed by atoms with Gasteiger partial charge in [0.25, 0.3) is 5.91 Å². The average Bonchev–Trinajstić information content (AvgIpc) is 3.32. The Labute approximate surface area is 152 Å². The van der Waals surface area contributed by atoms with Crippen LogP contribution in [0, 0.1) is 5.82 Å². The van der Waals surface area contributed by atoms with Gasteiger partial charge in [0.15, 0.2) is 0 Å². The molecule has 4 rings (SSSR count). The number of hydrogen-bond donors (Lipinski definition) is 2. The van der Waals surface area contributed by atoms with E-state index in [2.05, 4.69) is 15.5 Å². The number of urea groups is 1. The summed E-state index contributed by atoms with van der Waals surface area (Å²) in [5.74, 6) is -0.828. The van der Waals surface area contributed by atoms with Crippen LogP contribution >= 0.6 is 0 Å². The van der Waals surface area contributed by atoms with Gasteiger partial charge in [-0.05, 0) is 24.6 Å². The van der Waals surface area contributed by atoms with Gasteiger partial charge < -0.3 is 15.5 Å². The number of hydrogen-bond acceptors (Lipinski definition) is 4. The third-order valence-electron chi connectivity index (χ3n) is 5.47. The van der Waals surface area contributed by atoms with Gasteiger partial charge in [0.2, 0.25) is 0 Å². The van der Waals surface area contributed by atoms with Crippen molar-refractivity contribution in [2.24, 2.45) is 0 Å². The van der Waals surface area contributed by atoms with E-state index in [4.69, 9.17) is 0 Å². The van der Waals surface area contributed by atoms with E-state index in [1.165, 1.54) is 17.0 Å². The molecule has 0 aromatic heterocycles. The molecule has 7 nitrogen and oxygen atoms in total. The highest BCUT2D eigenvalue weighted by Gasteiger charge is 2.32. The van der Waals surface area contributed by atoms with Gasteiger partial charge in [0.05, 0.1) is 5.56 Å². The van der Waals surface area contributed by atoms with E-state index < -0.39 is 5.82 Å². The molecule has 3 aliphatic rings. The van der Waals surface area contributed by atoms with E-state index in [-0.39, 0.29) is 17.5 Å². The summed E-state index contributed by atoms with van der Waals surface area (Å²) in [6.45, 7) is 6.26. The Morgan fingerprint density at radius 2 is 1.92 bits per heavy atom. The van der Waals surface area contributed by atoms with Crippen molar-refractivity contribution in [2.45, 2.75) is 12.5 Å². The molecule has 3 heterocycles. The molecule has 0 saturated carbocycles. The molecule has 26 heavy (non-hydrogen) atoms. The first-order valence-corrected chi connectivity index (χ1v) is 9.22. The van der Waals surface area contributed by atoms with Crippen molar-refractivity contribution in [2.75, 3.05) is 57.3 Å². The fraction of sp³-hybridized carbons (Fsp3) is 0.556. The second-order valence-electron chi connectivity index (χ2n) is 7.03. The van der Waals surface area contributed by atoms with Crippen LogP contribution in [-0.2, 0) is 0 Å². The Bertz CT molecular complexity index is 707. The molecule has 0 aliphatic carbocycles. The lowest BCUT2D eigenvalue weighted by Crippen LogP contribution is -2.49. The summed E-state index contributed by atoms with van der Waals surface area (Å²) < 4.78 is 14.3. The third kappa shape index (κ3) is 3.26. The number of nitrogens with one attached hydrogen (secondary N) is 2. The molecule has 3 aliphatic heterocycles. The number of carbonyl (C=O) groups excluding carboxylic acids is 2. The maximum Gasteiger partial charge on any atom is 0.321 e. The standard InChI is InChI=1S/C18H24FN5O2/c19-16-2-1-13(24-10-6-21-18(24)26)11-15(16)17(25)23-7-3-14(12-23)22-8-4-20-5-9-22/h1-2,11,14,20H,3-10,12H2,(H,21,26). The molecule has 0 bridgehead atoms. The van der Waals surface area contributed by atoms with Crippen molar-refractivity contribution in [1.82, 2.24) is 20.4 Å². The van der Waals surface area contributed by atoms with Crippen molar-refractivity contribution >= 4 is 17.6 Å². The number of rotatable bonds is 3. The van der Waals surface area contributed by atoms with Gasteiger partial charge in [0.1, 0.15) is 5.82 Å². The van der Waals surface area contributed by atoms with Gasteiger partial charge in [-0.2, -0.15) is 0 Å². The minimum Gasteiger partial charge on any atom is -0.337 e. The number of amides is 3. The number of anilines is 1. The molecule has 1 aromatic carbocycles. The fourth-order valence-electron chi connectivity index (χ4n) is 4.00. The predicted octanol–water partition coefficient (Wildman–Crippen LogP) is 0.475. The van der Waals surface area contributed by atoms with Crippen LogP contribution in [0.4, 0.5) is 14.9 Å². The van der Waals surface area contributed by atoms with Crippen molar-refractivity contribution in [3.63, 3.8) is 0 Å². The van der Waals surface area contributed by atoms with Crippen molar-refractivity contribution < 1.29 is 14.0 Å². The van der Waals surface area contributed by atoms with E-state index >= 15 is 0 Å². The smallest absolute Gasteiger partial charge is 0.321 e. The lowest BCUT2D eigenvalue weighted by Gasteiger charge is -2.32. The van der Waals surface area contributed by atoms with Gasteiger partial charge in [-0.25, -0.2) is 9.18 Å². The molecule has 2 N–H and O–H groups in total. The molecule has 8 heteroatoms. The molecule has 1 unspecified atom stereocenters. The van der Waals surface area contributed by atoms with E-state index in [9.17, 15) is 14.0 Å². The van der Waals surface area contributed by atoms with Crippen LogP contribution in [0.3, 0.4) is 0 Å². The topological polar surface area (TPSA) is 67.9 Å². The Balaban J connectivity index is 1.48. The first-order valence-electron chi connectivity index (χ1n) is 9.22. The number of benzene rings is 1. The number of piperazine rings is 1. The monoisotopic (exact) mass is 361 g/mol. The van der Waals surface area contributed by atoms with E-state index in [1.807, 2.05) is 0 Å². The van der Waals surface area contributed by atoms with Crippen molar-refractivity contribution in [1.29, 1.82) is 0 Å². The summed E-state index contributed by atoms with van der Waals surface area (Å²) in [6.07, 6.45) is 0.918. The highest BCUT2D eigenvalue weighted by molar-refractivity contribution is 5.98. The van der Waals surface area contributed by atoms with Gasteiger partial charge in [-0.15, -0.1) is 0 Å². The molecule has 1 aromatic rings. The summed E-state index contributed by atoms with van der Waals surface area (Å²) in [6, 6.07) is 4.45. The summed E-state index contributed by atoms with van der Waals surface area (Å²) in [7, 11) is 0. The summed E-state index contributed by atoms with van der Waals surface area (Å²) in [5.41, 5.74) is 0.603. The van der Waals surface area contributed by atoms with Gasteiger partial charge in [0, 0.05) is 64.1 Å². The molecule has 140 valence electrons. The highest BCUT2D eigenvalue weighted by atomic mass is 19.1. The first-order chi connectivity index (χ1) is 12.6. The van der Waals surface area contributed by atoms with Crippen LogP contribution in [-0.4, -0.2) is 80.1 Å². The zero-order valence-corrected chi connectivity index (χ0v) is 14.7. The Morgan fingerprint density at radius 3 is 2.65 bits per heavy atom. The number of likely N-dealkylation sites (tertiary alicyclic amines) is 1. The Hall–Kier alpha value is -2.19. The summed E-state index contributed by atoms with van der Waals surface area (Å²) >= 11 is 0. The predicted molar refractivity (Wildman–Crippen MR) is 95.9 cm³/mol. The SMILES string of the molecule is O=C(c1cc(N2CCNC2=O)ccc1F)N1CCC(N2CCNCC2)C1.